The molecule has 1 aliphatic rings. The standard InChI is InChI=1S/C21H26N4O7S2/c1-6-32-18-15(31-4)8-7-13(22-18)14(11-34(5,29)30)25-20(27)12-10-33-19(17(12)21(25)28)23-16(26)9-24(2)3/h7-8,10,14H,6,9,11H2,1-5H3,(H,23,26)/t14-/m1/s1. The lowest BCUT2D eigenvalue weighted by molar-refractivity contribution is -0.116. The molecule has 0 saturated carbocycles. The van der Waals surface area contributed by atoms with E-state index >= 15 is 0 Å². The Morgan fingerprint density at radius 1 is 1.26 bits per heavy atom. The van der Waals surface area contributed by atoms with Crippen LogP contribution in [0.25, 0.3) is 0 Å². The maximum Gasteiger partial charge on any atom is 0.265 e. The minimum absolute atomic E-state index is 0.0409. The van der Waals surface area contributed by atoms with E-state index in [2.05, 4.69) is 10.3 Å². The van der Waals surface area contributed by atoms with Gasteiger partial charge < -0.3 is 19.7 Å². The molecule has 0 radical (unpaired) electrons. The van der Waals surface area contributed by atoms with Crippen molar-refractivity contribution in [3.05, 3.63) is 34.3 Å². The Labute approximate surface area is 201 Å². The van der Waals surface area contributed by atoms with Crippen molar-refractivity contribution < 1.29 is 32.3 Å². The van der Waals surface area contributed by atoms with Crippen molar-refractivity contribution in [2.45, 2.75) is 13.0 Å². The van der Waals surface area contributed by atoms with Crippen LogP contribution in [0.4, 0.5) is 5.00 Å². The number of nitrogens with zero attached hydrogens (tertiary/aromatic N) is 3. The normalized spacial score (nSPS) is 14.4. The van der Waals surface area contributed by atoms with Crippen molar-refractivity contribution in [3.8, 4) is 11.6 Å². The highest BCUT2D eigenvalue weighted by Crippen LogP contribution is 2.40. The van der Waals surface area contributed by atoms with E-state index in [1.807, 2.05) is 0 Å². The number of thiophene rings is 1. The molecule has 0 bridgehead atoms. The number of anilines is 1. The molecule has 0 spiro atoms. The lowest BCUT2D eigenvalue weighted by Gasteiger charge is -2.26. The summed E-state index contributed by atoms with van der Waals surface area (Å²) in [6, 6.07) is 1.82. The smallest absolute Gasteiger partial charge is 0.265 e. The monoisotopic (exact) mass is 510 g/mol. The van der Waals surface area contributed by atoms with Crippen molar-refractivity contribution in [1.29, 1.82) is 0 Å². The molecule has 0 aliphatic carbocycles. The van der Waals surface area contributed by atoms with Crippen LogP contribution in [0.15, 0.2) is 17.5 Å². The first-order valence-corrected chi connectivity index (χ1v) is 13.2. The predicted molar refractivity (Wildman–Crippen MR) is 126 cm³/mol. The van der Waals surface area contributed by atoms with E-state index in [4.69, 9.17) is 9.47 Å². The lowest BCUT2D eigenvalue weighted by Crippen LogP contribution is -2.38. The molecule has 0 unspecified atom stereocenters. The van der Waals surface area contributed by atoms with E-state index in [1.165, 1.54) is 24.6 Å². The Kier molecular flexibility index (Phi) is 7.58. The third-order valence-corrected chi connectivity index (χ3v) is 6.66. The van der Waals surface area contributed by atoms with Crippen molar-refractivity contribution in [1.82, 2.24) is 14.8 Å². The molecule has 184 valence electrons. The largest absolute Gasteiger partial charge is 0.491 e. The van der Waals surface area contributed by atoms with Crippen molar-refractivity contribution >= 4 is 43.9 Å². The van der Waals surface area contributed by atoms with Crippen LogP contribution in [0.1, 0.15) is 39.4 Å². The van der Waals surface area contributed by atoms with Crippen LogP contribution in [0.3, 0.4) is 0 Å². The zero-order chi connectivity index (χ0) is 25.2. The number of amides is 3. The fourth-order valence-corrected chi connectivity index (χ4v) is 5.34. The second-order valence-electron chi connectivity index (χ2n) is 7.90. The number of pyridine rings is 1. The van der Waals surface area contributed by atoms with E-state index in [9.17, 15) is 22.8 Å². The molecule has 2 aromatic heterocycles. The van der Waals surface area contributed by atoms with E-state index in [1.54, 1.807) is 25.9 Å². The first-order chi connectivity index (χ1) is 16.0. The number of imide groups is 1. The molecule has 1 atom stereocenters. The third-order valence-electron chi connectivity index (χ3n) is 4.85. The van der Waals surface area contributed by atoms with Crippen LogP contribution in [0, 0.1) is 0 Å². The number of rotatable bonds is 10. The summed E-state index contributed by atoms with van der Waals surface area (Å²) in [5.74, 6) is -1.80. The van der Waals surface area contributed by atoms with Crippen LogP contribution in [-0.4, -0.2) is 87.3 Å². The summed E-state index contributed by atoms with van der Waals surface area (Å²) in [5.41, 5.74) is 0.301. The minimum atomic E-state index is -3.64. The van der Waals surface area contributed by atoms with Crippen LogP contribution < -0.4 is 14.8 Å². The maximum atomic E-state index is 13.4. The summed E-state index contributed by atoms with van der Waals surface area (Å²) < 4.78 is 35.2. The highest BCUT2D eigenvalue weighted by molar-refractivity contribution is 7.90. The summed E-state index contributed by atoms with van der Waals surface area (Å²) in [4.78, 5) is 45.7. The van der Waals surface area contributed by atoms with E-state index in [0.29, 0.717) is 5.75 Å². The molecule has 0 aromatic carbocycles. The molecule has 1 aliphatic heterocycles. The van der Waals surface area contributed by atoms with Crippen LogP contribution in [0.2, 0.25) is 0 Å². The number of hydrogen-bond acceptors (Lipinski definition) is 10. The van der Waals surface area contributed by atoms with Gasteiger partial charge in [-0.25, -0.2) is 13.4 Å². The first kappa shape index (κ1) is 25.6. The van der Waals surface area contributed by atoms with Crippen LogP contribution in [-0.2, 0) is 14.6 Å². The molecule has 3 amide bonds. The Morgan fingerprint density at radius 3 is 2.56 bits per heavy atom. The average molecular weight is 511 g/mol. The SMILES string of the molecule is CCOc1nc([C@@H](CS(C)(=O)=O)N2C(=O)c3csc(NC(=O)CN(C)C)c3C2=O)ccc1OC. The number of hydrogen-bond donors (Lipinski definition) is 1. The van der Waals surface area contributed by atoms with Gasteiger partial charge in [0.2, 0.25) is 5.91 Å². The molecule has 0 saturated heterocycles. The van der Waals surface area contributed by atoms with E-state index in [0.717, 1.165) is 22.5 Å². The molecular weight excluding hydrogens is 484 g/mol. The van der Waals surface area contributed by atoms with Gasteiger partial charge in [0.15, 0.2) is 5.75 Å². The zero-order valence-corrected chi connectivity index (χ0v) is 21.1. The van der Waals surface area contributed by atoms with Gasteiger partial charge in [-0.3, -0.25) is 19.3 Å². The van der Waals surface area contributed by atoms with Crippen LogP contribution >= 0.6 is 11.3 Å². The zero-order valence-electron chi connectivity index (χ0n) is 19.4. The van der Waals surface area contributed by atoms with Gasteiger partial charge in [-0.15, -0.1) is 11.3 Å². The molecule has 11 nitrogen and oxygen atoms in total. The molecule has 13 heteroatoms. The lowest BCUT2D eigenvalue weighted by atomic mass is 10.1. The van der Waals surface area contributed by atoms with Gasteiger partial charge in [-0.2, -0.15) is 0 Å². The van der Waals surface area contributed by atoms with Gasteiger partial charge in [-0.1, -0.05) is 0 Å². The molecule has 0 fully saturated rings. The molecule has 3 heterocycles. The highest BCUT2D eigenvalue weighted by atomic mass is 32.2. The number of methoxy groups -OCH3 is 1. The minimum Gasteiger partial charge on any atom is -0.491 e. The summed E-state index contributed by atoms with van der Waals surface area (Å²) >= 11 is 1.06. The average Bonchev–Trinajstić information content (AvgIpc) is 3.25. The van der Waals surface area contributed by atoms with E-state index in [-0.39, 0.29) is 46.8 Å². The second kappa shape index (κ2) is 10.1. The molecule has 34 heavy (non-hydrogen) atoms. The number of aromatic nitrogens is 1. The Morgan fingerprint density at radius 2 is 1.97 bits per heavy atom. The first-order valence-electron chi connectivity index (χ1n) is 10.3. The second-order valence-corrected chi connectivity index (χ2v) is 11.0. The fraction of sp³-hybridized carbons (Fsp3) is 0.429. The Bertz CT molecular complexity index is 1220. The van der Waals surface area contributed by atoms with Gasteiger partial charge in [0, 0.05) is 11.6 Å². The van der Waals surface area contributed by atoms with Gasteiger partial charge >= 0.3 is 0 Å². The molecular formula is C21H26N4O7S2. The third kappa shape index (κ3) is 5.37. The topological polar surface area (TPSA) is 135 Å². The number of carbonyl (C=O) groups is 3. The van der Waals surface area contributed by atoms with Crippen molar-refractivity contribution in [2.24, 2.45) is 0 Å². The number of fused-ring (bicyclic) bond motifs is 1. The number of sulfone groups is 1. The summed E-state index contributed by atoms with van der Waals surface area (Å²) in [6.45, 7) is 2.11. The van der Waals surface area contributed by atoms with Gasteiger partial charge in [-0.05, 0) is 33.2 Å². The summed E-state index contributed by atoms with van der Waals surface area (Å²) in [7, 11) is 1.25. The number of likely N-dealkylation sites (N-methyl/N-ethyl adjacent to an activating group) is 1. The molecule has 3 rings (SSSR count). The van der Waals surface area contributed by atoms with Crippen molar-refractivity contribution in [2.75, 3.05) is 51.7 Å². The van der Waals surface area contributed by atoms with E-state index < -0.39 is 33.4 Å². The summed E-state index contributed by atoms with van der Waals surface area (Å²) in [5, 5.41) is 4.37. The fourth-order valence-electron chi connectivity index (χ4n) is 3.50. The molecule has 2 aromatic rings. The predicted octanol–water partition coefficient (Wildman–Crippen LogP) is 1.43. The number of ether oxygens (including phenoxy) is 2. The highest BCUT2D eigenvalue weighted by Gasteiger charge is 2.45. The number of carbonyl (C=O) groups excluding carboxylic acids is 3. The van der Waals surface area contributed by atoms with Crippen LogP contribution in [0.5, 0.6) is 11.6 Å². The van der Waals surface area contributed by atoms with Gasteiger partial charge in [0.25, 0.3) is 17.7 Å². The van der Waals surface area contributed by atoms with Gasteiger partial charge in [0.1, 0.15) is 14.8 Å². The van der Waals surface area contributed by atoms with Gasteiger partial charge in [0.05, 0.1) is 48.9 Å². The quantitative estimate of drug-likeness (QED) is 0.471. The Balaban J connectivity index is 2.02. The van der Waals surface area contributed by atoms with Crippen molar-refractivity contribution in [3.63, 3.8) is 0 Å². The number of nitrogens with one attached hydrogen (secondary N) is 1. The molecule has 1 N–H and O–H groups in total. The summed E-state index contributed by atoms with van der Waals surface area (Å²) in [6.07, 6.45) is 1.01. The maximum absolute atomic E-state index is 13.4. The Hall–Kier alpha value is -3.03.